The quantitative estimate of drug-likeness (QED) is 0.609. The van der Waals surface area contributed by atoms with Gasteiger partial charge in [-0.25, -0.2) is 4.39 Å². The lowest BCUT2D eigenvalue weighted by molar-refractivity contribution is 0.110. The highest BCUT2D eigenvalue weighted by atomic mass is 79.9. The molecule has 0 aromatic heterocycles. The van der Waals surface area contributed by atoms with Crippen molar-refractivity contribution in [3.63, 3.8) is 0 Å². The maximum absolute atomic E-state index is 13.0. The predicted octanol–water partition coefficient (Wildman–Crippen LogP) is 4.83. The van der Waals surface area contributed by atoms with Crippen molar-refractivity contribution in [2.75, 3.05) is 19.8 Å². The zero-order chi connectivity index (χ0) is 19.1. The van der Waals surface area contributed by atoms with Crippen molar-refractivity contribution < 1.29 is 18.6 Å². The fourth-order valence-corrected chi connectivity index (χ4v) is 3.65. The molecule has 0 saturated carbocycles. The van der Waals surface area contributed by atoms with Gasteiger partial charge in [0.25, 0.3) is 0 Å². The van der Waals surface area contributed by atoms with Gasteiger partial charge in [-0.3, -0.25) is 0 Å². The van der Waals surface area contributed by atoms with Crippen LogP contribution in [0.15, 0.2) is 40.9 Å². The minimum absolute atomic E-state index is 0.255. The molecule has 2 aromatic rings. The topological polar surface area (TPSA) is 39.7 Å². The first-order valence-electron chi connectivity index (χ1n) is 9.30. The molecule has 0 unspecified atom stereocenters. The summed E-state index contributed by atoms with van der Waals surface area (Å²) in [4.78, 5) is 0. The van der Waals surface area contributed by atoms with Gasteiger partial charge in [-0.15, -0.1) is 0 Å². The number of rotatable bonds is 9. The third-order valence-corrected chi connectivity index (χ3v) is 4.98. The smallest absolute Gasteiger partial charge is 0.175 e. The molecule has 1 heterocycles. The van der Waals surface area contributed by atoms with Gasteiger partial charge in [0.2, 0.25) is 0 Å². The lowest BCUT2D eigenvalue weighted by Crippen LogP contribution is -2.25. The van der Waals surface area contributed by atoms with Gasteiger partial charge in [0, 0.05) is 19.7 Å². The van der Waals surface area contributed by atoms with E-state index in [4.69, 9.17) is 14.2 Å². The molecule has 27 heavy (non-hydrogen) atoms. The molecule has 1 atom stereocenters. The van der Waals surface area contributed by atoms with Crippen LogP contribution in [0.5, 0.6) is 11.5 Å². The molecule has 1 saturated heterocycles. The fourth-order valence-electron chi connectivity index (χ4n) is 3.05. The molecule has 0 amide bonds. The number of halogens is 2. The van der Waals surface area contributed by atoms with Gasteiger partial charge in [-0.2, -0.15) is 0 Å². The predicted molar refractivity (Wildman–Crippen MR) is 107 cm³/mol. The van der Waals surface area contributed by atoms with Crippen molar-refractivity contribution in [1.82, 2.24) is 5.32 Å². The summed E-state index contributed by atoms with van der Waals surface area (Å²) in [7, 11) is 0. The maximum atomic E-state index is 13.0. The van der Waals surface area contributed by atoms with Gasteiger partial charge < -0.3 is 19.5 Å². The number of hydrogen-bond acceptors (Lipinski definition) is 4. The Labute approximate surface area is 168 Å². The van der Waals surface area contributed by atoms with Crippen LogP contribution in [0, 0.1) is 5.82 Å². The Balaban J connectivity index is 1.64. The average Bonchev–Trinajstić information content (AvgIpc) is 3.16. The number of nitrogens with one attached hydrogen (secondary N) is 1. The Kier molecular flexibility index (Phi) is 7.50. The molecule has 0 radical (unpaired) electrons. The minimum atomic E-state index is -0.255. The van der Waals surface area contributed by atoms with Crippen molar-refractivity contribution >= 4 is 15.9 Å². The van der Waals surface area contributed by atoms with E-state index in [1.54, 1.807) is 12.1 Å². The highest BCUT2D eigenvalue weighted by Gasteiger charge is 2.16. The van der Waals surface area contributed by atoms with Gasteiger partial charge >= 0.3 is 0 Å². The first-order valence-corrected chi connectivity index (χ1v) is 10.1. The summed E-state index contributed by atoms with van der Waals surface area (Å²) in [5, 5.41) is 3.45. The van der Waals surface area contributed by atoms with Crippen LogP contribution < -0.4 is 14.8 Å². The summed E-state index contributed by atoms with van der Waals surface area (Å²) < 4.78 is 31.2. The molecule has 3 rings (SSSR count). The van der Waals surface area contributed by atoms with Crippen LogP contribution in [0.2, 0.25) is 0 Å². The van der Waals surface area contributed by atoms with E-state index in [1.807, 2.05) is 19.1 Å². The standard InChI is InChI=1S/C21H25BrFNO3/c1-2-25-20-11-16(12-24-13-18-4-3-9-26-18)10-19(22)21(20)27-14-15-5-7-17(23)8-6-15/h5-8,10-11,18,24H,2-4,9,12-14H2,1H3/t18-/m0/s1. The van der Waals surface area contributed by atoms with Crippen LogP contribution in [0.1, 0.15) is 30.9 Å². The second-order valence-corrected chi connectivity index (χ2v) is 7.37. The number of benzene rings is 2. The summed E-state index contributed by atoms with van der Waals surface area (Å²) in [5.41, 5.74) is 2.01. The Morgan fingerprint density at radius 3 is 2.70 bits per heavy atom. The normalized spacial score (nSPS) is 16.5. The summed E-state index contributed by atoms with van der Waals surface area (Å²) in [5.74, 6) is 1.10. The first-order chi connectivity index (χ1) is 13.2. The zero-order valence-corrected chi connectivity index (χ0v) is 17.1. The second kappa shape index (κ2) is 10.1. The van der Waals surface area contributed by atoms with Gasteiger partial charge in [0.1, 0.15) is 12.4 Å². The molecule has 0 bridgehead atoms. The van der Waals surface area contributed by atoms with Gasteiger partial charge in [0.05, 0.1) is 17.2 Å². The molecular weight excluding hydrogens is 413 g/mol. The van der Waals surface area contributed by atoms with E-state index in [0.29, 0.717) is 30.8 Å². The lowest BCUT2D eigenvalue weighted by atomic mass is 10.2. The van der Waals surface area contributed by atoms with E-state index in [1.165, 1.54) is 12.1 Å². The molecule has 0 aliphatic carbocycles. The molecular formula is C21H25BrFNO3. The Hall–Kier alpha value is -1.63. The molecule has 1 aliphatic rings. The van der Waals surface area contributed by atoms with E-state index >= 15 is 0 Å². The molecule has 0 spiro atoms. The summed E-state index contributed by atoms with van der Waals surface area (Å²) in [6, 6.07) is 10.3. The van der Waals surface area contributed by atoms with E-state index in [9.17, 15) is 4.39 Å². The number of ether oxygens (including phenoxy) is 3. The Morgan fingerprint density at radius 2 is 2.00 bits per heavy atom. The van der Waals surface area contributed by atoms with E-state index in [2.05, 4.69) is 21.2 Å². The SMILES string of the molecule is CCOc1cc(CNC[C@@H]2CCCO2)cc(Br)c1OCc1ccc(F)cc1. The van der Waals surface area contributed by atoms with Crippen LogP contribution in [0.25, 0.3) is 0 Å². The largest absolute Gasteiger partial charge is 0.490 e. The van der Waals surface area contributed by atoms with Crippen molar-refractivity contribution in [1.29, 1.82) is 0 Å². The highest BCUT2D eigenvalue weighted by molar-refractivity contribution is 9.10. The van der Waals surface area contributed by atoms with Gasteiger partial charge in [-0.05, 0) is 71.1 Å². The van der Waals surface area contributed by atoms with Crippen molar-refractivity contribution in [3.05, 3.63) is 57.8 Å². The summed E-state index contributed by atoms with van der Waals surface area (Å²) in [6.45, 7) is 5.29. The van der Waals surface area contributed by atoms with Gasteiger partial charge in [-0.1, -0.05) is 12.1 Å². The van der Waals surface area contributed by atoms with Crippen LogP contribution in [0.3, 0.4) is 0 Å². The van der Waals surface area contributed by atoms with E-state index in [0.717, 1.165) is 48.1 Å². The maximum Gasteiger partial charge on any atom is 0.175 e. The van der Waals surface area contributed by atoms with Crippen LogP contribution >= 0.6 is 15.9 Å². The first kappa shape index (κ1) is 20.1. The molecule has 1 fully saturated rings. The third-order valence-electron chi connectivity index (χ3n) is 4.39. The lowest BCUT2D eigenvalue weighted by Gasteiger charge is -2.16. The molecule has 1 aliphatic heterocycles. The number of hydrogen-bond donors (Lipinski definition) is 1. The van der Waals surface area contributed by atoms with Crippen LogP contribution in [-0.2, 0) is 17.9 Å². The summed E-state index contributed by atoms with van der Waals surface area (Å²) >= 11 is 3.59. The minimum Gasteiger partial charge on any atom is -0.490 e. The van der Waals surface area contributed by atoms with Crippen molar-refractivity contribution in [2.24, 2.45) is 0 Å². The molecule has 4 nitrogen and oxygen atoms in total. The fraction of sp³-hybridized carbons (Fsp3) is 0.429. The van der Waals surface area contributed by atoms with Crippen LogP contribution in [-0.4, -0.2) is 25.9 Å². The molecule has 2 aromatic carbocycles. The average molecular weight is 438 g/mol. The molecule has 6 heteroatoms. The highest BCUT2D eigenvalue weighted by Crippen LogP contribution is 2.37. The third kappa shape index (κ3) is 5.92. The second-order valence-electron chi connectivity index (χ2n) is 6.52. The molecule has 1 N–H and O–H groups in total. The Bertz CT molecular complexity index is 733. The Morgan fingerprint density at radius 1 is 1.19 bits per heavy atom. The monoisotopic (exact) mass is 437 g/mol. The van der Waals surface area contributed by atoms with Crippen molar-refractivity contribution in [3.8, 4) is 11.5 Å². The molecule has 146 valence electrons. The zero-order valence-electron chi connectivity index (χ0n) is 15.5. The van der Waals surface area contributed by atoms with Gasteiger partial charge in [0.15, 0.2) is 11.5 Å². The summed E-state index contributed by atoms with van der Waals surface area (Å²) in [6.07, 6.45) is 2.59. The van der Waals surface area contributed by atoms with Crippen molar-refractivity contribution in [2.45, 2.75) is 39.0 Å². The van der Waals surface area contributed by atoms with Crippen LogP contribution in [0.4, 0.5) is 4.39 Å². The van der Waals surface area contributed by atoms with E-state index in [-0.39, 0.29) is 5.82 Å². The van der Waals surface area contributed by atoms with E-state index < -0.39 is 0 Å².